The summed E-state index contributed by atoms with van der Waals surface area (Å²) in [6.07, 6.45) is 2.14. The van der Waals surface area contributed by atoms with Gasteiger partial charge in [-0.05, 0) is 24.6 Å². The van der Waals surface area contributed by atoms with Gasteiger partial charge in [-0.3, -0.25) is 4.79 Å². The first-order valence-electron chi connectivity index (χ1n) is 6.03. The monoisotopic (exact) mass is 277 g/mol. The minimum Gasteiger partial charge on any atom is -0.481 e. The van der Waals surface area contributed by atoms with Crippen LogP contribution in [0.25, 0.3) is 10.9 Å². The maximum Gasteiger partial charge on any atom is 0.308 e. The zero-order chi connectivity index (χ0) is 13.4. The average molecular weight is 278 g/mol. The van der Waals surface area contributed by atoms with Gasteiger partial charge in [0, 0.05) is 23.5 Å². The molecule has 3 rings (SSSR count). The van der Waals surface area contributed by atoms with Gasteiger partial charge in [-0.2, -0.15) is 0 Å². The summed E-state index contributed by atoms with van der Waals surface area (Å²) < 4.78 is 0. The number of carboxylic acid groups (broad SMARTS) is 1. The van der Waals surface area contributed by atoms with Crippen molar-refractivity contribution in [1.29, 1.82) is 0 Å². The number of carboxylic acids is 1. The molecule has 19 heavy (non-hydrogen) atoms. The second-order valence-corrected chi connectivity index (χ2v) is 5.07. The molecule has 1 fully saturated rings. The molecule has 1 aliphatic heterocycles. The van der Waals surface area contributed by atoms with Crippen LogP contribution in [0, 0.1) is 5.92 Å². The summed E-state index contributed by atoms with van der Waals surface area (Å²) in [6, 6.07) is 5.45. The lowest BCUT2D eigenvalue weighted by molar-refractivity contribution is -0.140. The third-order valence-corrected chi connectivity index (χ3v) is 3.65. The molecule has 1 aliphatic rings. The Hall–Kier alpha value is -1.88. The second kappa shape index (κ2) is 4.66. The van der Waals surface area contributed by atoms with Crippen molar-refractivity contribution >= 4 is 34.3 Å². The molecule has 1 atom stereocenters. The van der Waals surface area contributed by atoms with Crippen molar-refractivity contribution in [2.24, 2.45) is 5.92 Å². The third-order valence-electron chi connectivity index (χ3n) is 3.41. The molecule has 1 saturated heterocycles. The number of halogens is 1. The van der Waals surface area contributed by atoms with Crippen molar-refractivity contribution < 1.29 is 9.90 Å². The van der Waals surface area contributed by atoms with Gasteiger partial charge in [-0.15, -0.1) is 0 Å². The zero-order valence-corrected chi connectivity index (χ0v) is 10.8. The first-order chi connectivity index (χ1) is 9.15. The van der Waals surface area contributed by atoms with E-state index in [4.69, 9.17) is 16.7 Å². The van der Waals surface area contributed by atoms with Gasteiger partial charge in [0.05, 0.1) is 11.4 Å². The zero-order valence-electron chi connectivity index (χ0n) is 10.1. The second-order valence-electron chi connectivity index (χ2n) is 4.63. The Labute approximate surface area is 114 Å². The van der Waals surface area contributed by atoms with E-state index in [2.05, 4.69) is 9.97 Å². The van der Waals surface area contributed by atoms with Gasteiger partial charge in [0.1, 0.15) is 12.1 Å². The van der Waals surface area contributed by atoms with Crippen LogP contribution >= 0.6 is 11.6 Å². The van der Waals surface area contributed by atoms with E-state index in [0.717, 1.165) is 16.7 Å². The first-order valence-corrected chi connectivity index (χ1v) is 6.41. The lowest BCUT2D eigenvalue weighted by atomic mass is 10.1. The lowest BCUT2D eigenvalue weighted by Crippen LogP contribution is -2.23. The van der Waals surface area contributed by atoms with E-state index < -0.39 is 5.97 Å². The normalized spacial score (nSPS) is 19.0. The van der Waals surface area contributed by atoms with Crippen LogP contribution in [0.2, 0.25) is 5.02 Å². The number of rotatable bonds is 2. The summed E-state index contributed by atoms with van der Waals surface area (Å²) in [4.78, 5) is 21.5. The summed E-state index contributed by atoms with van der Waals surface area (Å²) >= 11 is 5.94. The van der Waals surface area contributed by atoms with E-state index in [1.807, 2.05) is 11.0 Å². The minimum absolute atomic E-state index is 0.322. The standard InChI is InChI=1S/C13H12ClN3O2/c14-9-1-2-10-11(5-9)15-7-16-12(10)17-4-3-8(6-17)13(18)19/h1-2,5,7-8H,3-4,6H2,(H,18,19). The number of carbonyl (C=O) groups is 1. The Balaban J connectivity index is 2.00. The number of benzene rings is 1. The molecule has 1 N–H and O–H groups in total. The number of aromatic nitrogens is 2. The maximum absolute atomic E-state index is 11.0. The summed E-state index contributed by atoms with van der Waals surface area (Å²) in [7, 11) is 0. The van der Waals surface area contributed by atoms with Gasteiger partial charge in [0.25, 0.3) is 0 Å². The van der Waals surface area contributed by atoms with E-state index in [9.17, 15) is 4.79 Å². The van der Waals surface area contributed by atoms with Crippen molar-refractivity contribution in [1.82, 2.24) is 9.97 Å². The predicted octanol–water partition coefficient (Wildman–Crippen LogP) is 2.19. The molecule has 0 saturated carbocycles. The van der Waals surface area contributed by atoms with Crippen LogP contribution in [0.3, 0.4) is 0 Å². The number of hydrogen-bond acceptors (Lipinski definition) is 4. The molecule has 0 aliphatic carbocycles. The molecule has 6 heteroatoms. The molecular weight excluding hydrogens is 266 g/mol. The van der Waals surface area contributed by atoms with Crippen LogP contribution in [0.15, 0.2) is 24.5 Å². The predicted molar refractivity (Wildman–Crippen MR) is 72.5 cm³/mol. The van der Waals surface area contributed by atoms with E-state index >= 15 is 0 Å². The molecule has 1 unspecified atom stereocenters. The Morgan fingerprint density at radius 1 is 1.42 bits per heavy atom. The Kier molecular flexibility index (Phi) is 2.98. The lowest BCUT2D eigenvalue weighted by Gasteiger charge is -2.18. The molecule has 5 nitrogen and oxygen atoms in total. The van der Waals surface area contributed by atoms with Crippen molar-refractivity contribution in [2.45, 2.75) is 6.42 Å². The SMILES string of the molecule is O=C(O)C1CCN(c2ncnc3cc(Cl)ccc23)C1. The van der Waals surface area contributed by atoms with Crippen molar-refractivity contribution in [2.75, 3.05) is 18.0 Å². The average Bonchev–Trinajstić information content (AvgIpc) is 2.87. The van der Waals surface area contributed by atoms with E-state index in [-0.39, 0.29) is 5.92 Å². The molecule has 2 aromatic rings. The molecular formula is C13H12ClN3O2. The highest BCUT2D eigenvalue weighted by Gasteiger charge is 2.29. The number of hydrogen-bond donors (Lipinski definition) is 1. The van der Waals surface area contributed by atoms with Crippen molar-refractivity contribution in [3.05, 3.63) is 29.5 Å². The van der Waals surface area contributed by atoms with E-state index in [1.54, 1.807) is 12.1 Å². The number of aliphatic carboxylic acids is 1. The Morgan fingerprint density at radius 2 is 2.26 bits per heavy atom. The molecule has 0 spiro atoms. The molecule has 1 aromatic carbocycles. The fourth-order valence-corrected chi connectivity index (χ4v) is 2.59. The summed E-state index contributed by atoms with van der Waals surface area (Å²) in [5.41, 5.74) is 0.774. The molecule has 98 valence electrons. The van der Waals surface area contributed by atoms with Crippen molar-refractivity contribution in [3.8, 4) is 0 Å². The van der Waals surface area contributed by atoms with Crippen LogP contribution in [-0.4, -0.2) is 34.1 Å². The summed E-state index contributed by atoms with van der Waals surface area (Å²) in [6.45, 7) is 1.19. The topological polar surface area (TPSA) is 66.3 Å². The van der Waals surface area contributed by atoms with Crippen molar-refractivity contribution in [3.63, 3.8) is 0 Å². The first kappa shape index (κ1) is 12.2. The van der Waals surface area contributed by atoms with Crippen LogP contribution in [-0.2, 0) is 4.79 Å². The minimum atomic E-state index is -0.746. The summed E-state index contributed by atoms with van der Waals surface area (Å²) in [5.74, 6) is -0.286. The van der Waals surface area contributed by atoms with Gasteiger partial charge >= 0.3 is 5.97 Å². The van der Waals surface area contributed by atoms with Crippen LogP contribution in [0.4, 0.5) is 5.82 Å². The molecule has 0 amide bonds. The van der Waals surface area contributed by atoms with Gasteiger partial charge in [-0.25, -0.2) is 9.97 Å². The van der Waals surface area contributed by atoms with Crippen LogP contribution < -0.4 is 4.90 Å². The number of fused-ring (bicyclic) bond motifs is 1. The van der Waals surface area contributed by atoms with Gasteiger partial charge < -0.3 is 10.0 Å². The fraction of sp³-hybridized carbons (Fsp3) is 0.308. The van der Waals surface area contributed by atoms with Gasteiger partial charge in [-0.1, -0.05) is 11.6 Å². The molecule has 0 radical (unpaired) electrons. The quantitative estimate of drug-likeness (QED) is 0.911. The highest BCUT2D eigenvalue weighted by Crippen LogP contribution is 2.29. The Bertz CT molecular complexity index is 647. The molecule has 2 heterocycles. The smallest absolute Gasteiger partial charge is 0.308 e. The summed E-state index contributed by atoms with van der Waals surface area (Å²) in [5, 5.41) is 10.6. The van der Waals surface area contributed by atoms with Crippen LogP contribution in [0.1, 0.15) is 6.42 Å². The molecule has 1 aromatic heterocycles. The third kappa shape index (κ3) is 2.21. The van der Waals surface area contributed by atoms with Gasteiger partial charge in [0.2, 0.25) is 0 Å². The maximum atomic E-state index is 11.0. The largest absolute Gasteiger partial charge is 0.481 e. The highest BCUT2D eigenvalue weighted by atomic mass is 35.5. The highest BCUT2D eigenvalue weighted by molar-refractivity contribution is 6.31. The number of anilines is 1. The van der Waals surface area contributed by atoms with Crippen LogP contribution in [0.5, 0.6) is 0 Å². The van der Waals surface area contributed by atoms with E-state index in [0.29, 0.717) is 24.5 Å². The van der Waals surface area contributed by atoms with Gasteiger partial charge in [0.15, 0.2) is 0 Å². The van der Waals surface area contributed by atoms with E-state index in [1.165, 1.54) is 6.33 Å². The number of nitrogens with zero attached hydrogens (tertiary/aromatic N) is 3. The fourth-order valence-electron chi connectivity index (χ4n) is 2.42. The Morgan fingerprint density at radius 3 is 3.00 bits per heavy atom. The molecule has 0 bridgehead atoms.